The molecular formula is C12H16BrNO. The van der Waals surface area contributed by atoms with Crippen molar-refractivity contribution in [3.8, 4) is 5.75 Å². The van der Waals surface area contributed by atoms with Crippen molar-refractivity contribution in [3.05, 3.63) is 27.7 Å². The topological polar surface area (TPSA) is 35.2 Å². The van der Waals surface area contributed by atoms with E-state index < -0.39 is 0 Å². The van der Waals surface area contributed by atoms with Crippen molar-refractivity contribution < 1.29 is 4.74 Å². The van der Waals surface area contributed by atoms with E-state index in [4.69, 9.17) is 10.5 Å². The van der Waals surface area contributed by atoms with E-state index in [0.29, 0.717) is 0 Å². The summed E-state index contributed by atoms with van der Waals surface area (Å²) in [5, 5.41) is 0. The Balaban J connectivity index is 2.38. The van der Waals surface area contributed by atoms with Gasteiger partial charge in [0.25, 0.3) is 0 Å². The highest BCUT2D eigenvalue weighted by atomic mass is 79.9. The second-order valence-electron chi connectivity index (χ2n) is 4.42. The molecule has 82 valence electrons. The number of halogens is 1. The zero-order valence-electron chi connectivity index (χ0n) is 9.14. The third-order valence-corrected chi connectivity index (χ3v) is 3.77. The molecule has 0 bridgehead atoms. The molecule has 2 rings (SSSR count). The molecule has 0 saturated heterocycles. The number of benzene rings is 1. The van der Waals surface area contributed by atoms with Gasteiger partial charge in [-0.05, 0) is 37.8 Å². The predicted molar refractivity (Wildman–Crippen MR) is 65.3 cm³/mol. The number of methoxy groups -OCH3 is 1. The molecule has 2 N–H and O–H groups in total. The number of rotatable bonds is 3. The normalized spacial score (nSPS) is 17.6. The first kappa shape index (κ1) is 11.0. The van der Waals surface area contributed by atoms with Gasteiger partial charge in [0.2, 0.25) is 0 Å². The smallest absolute Gasteiger partial charge is 0.126 e. The molecule has 15 heavy (non-hydrogen) atoms. The Labute approximate surface area is 98.9 Å². The molecule has 1 aliphatic rings. The van der Waals surface area contributed by atoms with Crippen molar-refractivity contribution in [2.75, 3.05) is 7.11 Å². The van der Waals surface area contributed by atoms with Crippen molar-refractivity contribution in [2.45, 2.75) is 31.7 Å². The second kappa shape index (κ2) is 3.80. The SMILES string of the molecule is COc1c(C)ccc(Br)c1CC1(N)CC1. The van der Waals surface area contributed by atoms with Crippen LogP contribution in [0.3, 0.4) is 0 Å². The van der Waals surface area contributed by atoms with Gasteiger partial charge >= 0.3 is 0 Å². The first-order valence-electron chi connectivity index (χ1n) is 5.16. The highest BCUT2D eigenvalue weighted by Gasteiger charge is 2.39. The van der Waals surface area contributed by atoms with Crippen LogP contribution in [0.2, 0.25) is 0 Å². The fourth-order valence-electron chi connectivity index (χ4n) is 1.86. The maximum absolute atomic E-state index is 6.14. The summed E-state index contributed by atoms with van der Waals surface area (Å²) in [5.41, 5.74) is 8.53. The van der Waals surface area contributed by atoms with E-state index in [-0.39, 0.29) is 5.54 Å². The Bertz CT molecular complexity index is 385. The molecule has 0 spiro atoms. The van der Waals surface area contributed by atoms with Gasteiger partial charge in [0, 0.05) is 15.6 Å². The van der Waals surface area contributed by atoms with Crippen LogP contribution in [0.1, 0.15) is 24.0 Å². The third-order valence-electron chi connectivity index (χ3n) is 3.03. The molecule has 0 unspecified atom stereocenters. The molecule has 0 amide bonds. The van der Waals surface area contributed by atoms with E-state index in [1.54, 1.807) is 7.11 Å². The van der Waals surface area contributed by atoms with E-state index in [1.807, 2.05) is 0 Å². The van der Waals surface area contributed by atoms with E-state index in [2.05, 4.69) is 35.0 Å². The zero-order valence-corrected chi connectivity index (χ0v) is 10.7. The van der Waals surface area contributed by atoms with Gasteiger partial charge in [0.1, 0.15) is 5.75 Å². The lowest BCUT2D eigenvalue weighted by Crippen LogP contribution is -2.25. The van der Waals surface area contributed by atoms with Crippen LogP contribution >= 0.6 is 15.9 Å². The van der Waals surface area contributed by atoms with Gasteiger partial charge in [-0.15, -0.1) is 0 Å². The van der Waals surface area contributed by atoms with Crippen LogP contribution in [0.4, 0.5) is 0 Å². The second-order valence-corrected chi connectivity index (χ2v) is 5.27. The minimum Gasteiger partial charge on any atom is -0.496 e. The molecule has 1 fully saturated rings. The summed E-state index contributed by atoms with van der Waals surface area (Å²) in [4.78, 5) is 0. The van der Waals surface area contributed by atoms with Gasteiger partial charge in [-0.1, -0.05) is 22.0 Å². The lowest BCUT2D eigenvalue weighted by Gasteiger charge is -2.16. The maximum atomic E-state index is 6.14. The molecule has 1 aliphatic carbocycles. The number of nitrogens with two attached hydrogens (primary N) is 1. The molecule has 0 aliphatic heterocycles. The molecule has 1 aromatic rings. The molecule has 1 saturated carbocycles. The van der Waals surface area contributed by atoms with Crippen LogP contribution < -0.4 is 10.5 Å². The minimum atomic E-state index is 0.0175. The van der Waals surface area contributed by atoms with Gasteiger partial charge < -0.3 is 10.5 Å². The monoisotopic (exact) mass is 269 g/mol. The average molecular weight is 270 g/mol. The Hall–Kier alpha value is -0.540. The third kappa shape index (κ3) is 2.18. The lowest BCUT2D eigenvalue weighted by atomic mass is 10.0. The van der Waals surface area contributed by atoms with Crippen LogP contribution in [-0.4, -0.2) is 12.6 Å². The average Bonchev–Trinajstić information content (AvgIpc) is 2.91. The molecule has 1 aromatic carbocycles. The van der Waals surface area contributed by atoms with E-state index >= 15 is 0 Å². The Morgan fingerprint density at radius 2 is 2.13 bits per heavy atom. The largest absolute Gasteiger partial charge is 0.496 e. The Kier molecular flexibility index (Phi) is 2.77. The van der Waals surface area contributed by atoms with E-state index in [9.17, 15) is 0 Å². The van der Waals surface area contributed by atoms with Crippen molar-refractivity contribution in [3.63, 3.8) is 0 Å². The van der Waals surface area contributed by atoms with Crippen LogP contribution in [0, 0.1) is 6.92 Å². The van der Waals surface area contributed by atoms with Gasteiger partial charge in [-0.25, -0.2) is 0 Å². The van der Waals surface area contributed by atoms with Gasteiger partial charge in [-0.3, -0.25) is 0 Å². The summed E-state index contributed by atoms with van der Waals surface area (Å²) >= 11 is 3.57. The van der Waals surface area contributed by atoms with Crippen molar-refractivity contribution >= 4 is 15.9 Å². The maximum Gasteiger partial charge on any atom is 0.126 e. The molecule has 2 nitrogen and oxygen atoms in total. The molecular weight excluding hydrogens is 254 g/mol. The van der Waals surface area contributed by atoms with Crippen LogP contribution in [0.25, 0.3) is 0 Å². The summed E-state index contributed by atoms with van der Waals surface area (Å²) in [6, 6.07) is 4.13. The summed E-state index contributed by atoms with van der Waals surface area (Å²) in [6.45, 7) is 2.06. The van der Waals surface area contributed by atoms with Crippen molar-refractivity contribution in [1.29, 1.82) is 0 Å². The summed E-state index contributed by atoms with van der Waals surface area (Å²) in [5.74, 6) is 0.973. The molecule has 3 heteroatoms. The Morgan fingerprint density at radius 3 is 2.67 bits per heavy atom. The minimum absolute atomic E-state index is 0.0175. The number of hydrogen-bond acceptors (Lipinski definition) is 2. The fourth-order valence-corrected chi connectivity index (χ4v) is 2.31. The fraction of sp³-hybridized carbons (Fsp3) is 0.500. The molecule has 0 atom stereocenters. The Morgan fingerprint density at radius 1 is 1.47 bits per heavy atom. The van der Waals surface area contributed by atoms with Crippen LogP contribution in [-0.2, 0) is 6.42 Å². The molecule has 0 aromatic heterocycles. The highest BCUT2D eigenvalue weighted by Crippen LogP contribution is 2.41. The predicted octanol–water partition coefficient (Wildman–Crippen LogP) is 2.80. The van der Waals surface area contributed by atoms with Gasteiger partial charge in [0.15, 0.2) is 0 Å². The van der Waals surface area contributed by atoms with E-state index in [0.717, 1.165) is 29.5 Å². The number of hydrogen-bond donors (Lipinski definition) is 1. The summed E-state index contributed by atoms with van der Waals surface area (Å²) in [7, 11) is 1.72. The van der Waals surface area contributed by atoms with Gasteiger partial charge in [-0.2, -0.15) is 0 Å². The number of aryl methyl sites for hydroxylation is 1. The van der Waals surface area contributed by atoms with Crippen molar-refractivity contribution in [2.24, 2.45) is 5.73 Å². The van der Waals surface area contributed by atoms with E-state index in [1.165, 1.54) is 11.1 Å². The standard InChI is InChI=1S/C12H16BrNO/c1-8-3-4-10(13)9(11(8)15-2)7-12(14)5-6-12/h3-4H,5-7,14H2,1-2H3. The molecule has 0 radical (unpaired) electrons. The van der Waals surface area contributed by atoms with Crippen LogP contribution in [0.15, 0.2) is 16.6 Å². The van der Waals surface area contributed by atoms with Crippen LogP contribution in [0.5, 0.6) is 5.75 Å². The highest BCUT2D eigenvalue weighted by molar-refractivity contribution is 9.10. The summed E-state index contributed by atoms with van der Waals surface area (Å²) < 4.78 is 6.54. The first-order chi connectivity index (χ1) is 7.06. The first-order valence-corrected chi connectivity index (χ1v) is 5.96. The van der Waals surface area contributed by atoms with Crippen molar-refractivity contribution in [1.82, 2.24) is 0 Å². The zero-order chi connectivity index (χ0) is 11.1. The lowest BCUT2D eigenvalue weighted by molar-refractivity contribution is 0.403. The quantitative estimate of drug-likeness (QED) is 0.916. The van der Waals surface area contributed by atoms with Gasteiger partial charge in [0.05, 0.1) is 7.11 Å². The summed E-state index contributed by atoms with van der Waals surface area (Å²) in [6.07, 6.45) is 3.14. The number of ether oxygens (including phenoxy) is 1. The molecule has 0 heterocycles.